The third kappa shape index (κ3) is 4.95. The van der Waals surface area contributed by atoms with Gasteiger partial charge in [0.05, 0.1) is 0 Å². The molecular weight excluding hydrogens is 398 g/mol. The minimum absolute atomic E-state index is 0.381. The maximum atomic E-state index is 3.89. The summed E-state index contributed by atoms with van der Waals surface area (Å²) in [6.45, 7) is 6.14. The molecule has 33 heavy (non-hydrogen) atoms. The Morgan fingerprint density at radius 1 is 0.606 bits per heavy atom. The third-order valence-corrected chi connectivity index (χ3v) is 9.60. The van der Waals surface area contributed by atoms with Crippen molar-refractivity contribution in [2.45, 2.75) is 120 Å². The molecule has 1 nitrogen and oxygen atoms in total. The molecule has 3 aliphatic rings. The van der Waals surface area contributed by atoms with Crippen LogP contribution in [0.25, 0.3) is 0 Å². The highest BCUT2D eigenvalue weighted by Crippen LogP contribution is 2.42. The molecule has 1 atom stereocenters. The monoisotopic (exact) mass is 443 g/mol. The Hall–Kier alpha value is -1.60. The molecule has 2 aromatic rings. The Balaban J connectivity index is 1.42. The van der Waals surface area contributed by atoms with Crippen LogP contribution in [0.1, 0.15) is 125 Å². The van der Waals surface area contributed by atoms with Gasteiger partial charge in [0, 0.05) is 12.0 Å². The summed E-state index contributed by atoms with van der Waals surface area (Å²) in [5.41, 5.74) is 6.87. The third-order valence-electron chi connectivity index (χ3n) is 9.60. The van der Waals surface area contributed by atoms with Gasteiger partial charge in [0.25, 0.3) is 0 Å². The second-order valence-corrected chi connectivity index (χ2v) is 12.0. The first-order valence-electron chi connectivity index (χ1n) is 14.0. The van der Waals surface area contributed by atoms with E-state index >= 15 is 0 Å². The summed E-state index contributed by atoms with van der Waals surface area (Å²) >= 11 is 0. The molecule has 0 unspecified atom stereocenters. The van der Waals surface area contributed by atoms with Gasteiger partial charge in [-0.2, -0.15) is 0 Å². The minimum Gasteiger partial charge on any atom is -0.313 e. The lowest BCUT2D eigenvalue weighted by Crippen LogP contribution is -2.39. The van der Waals surface area contributed by atoms with E-state index in [-0.39, 0.29) is 0 Å². The Morgan fingerprint density at radius 3 is 1.45 bits per heavy atom. The van der Waals surface area contributed by atoms with Crippen molar-refractivity contribution in [3.63, 3.8) is 0 Å². The number of hydrogen-bond donors (Lipinski definition) is 1. The molecule has 0 radical (unpaired) electrons. The van der Waals surface area contributed by atoms with Crippen LogP contribution in [-0.4, -0.2) is 12.6 Å². The second-order valence-electron chi connectivity index (χ2n) is 12.0. The molecule has 0 aromatic heterocycles. The fourth-order valence-electron chi connectivity index (χ4n) is 7.25. The average molecular weight is 444 g/mol. The summed E-state index contributed by atoms with van der Waals surface area (Å²) in [5.74, 6) is 0.451. The first-order chi connectivity index (χ1) is 16.1. The molecule has 1 saturated heterocycles. The van der Waals surface area contributed by atoms with Crippen LogP contribution in [0.15, 0.2) is 48.5 Å². The summed E-state index contributed by atoms with van der Waals surface area (Å²) in [6, 6.07) is 20.3. The van der Waals surface area contributed by atoms with E-state index in [4.69, 9.17) is 0 Å². The Kier molecular flexibility index (Phi) is 6.98. The second kappa shape index (κ2) is 9.95. The molecule has 0 spiro atoms. The smallest absolute Gasteiger partial charge is 0.0243 e. The zero-order valence-electron chi connectivity index (χ0n) is 21.2. The molecule has 1 N–H and O–H groups in total. The predicted octanol–water partition coefficient (Wildman–Crippen LogP) is 8.40. The topological polar surface area (TPSA) is 12.0 Å². The Labute approximate surface area is 202 Å². The van der Waals surface area contributed by atoms with Gasteiger partial charge in [-0.3, -0.25) is 0 Å². The van der Waals surface area contributed by atoms with Crippen LogP contribution >= 0.6 is 0 Å². The van der Waals surface area contributed by atoms with E-state index in [9.17, 15) is 0 Å². The lowest BCUT2D eigenvalue weighted by Gasteiger charge is -2.36. The molecule has 5 rings (SSSR count). The van der Waals surface area contributed by atoms with Crippen LogP contribution in [0, 0.1) is 0 Å². The molecule has 1 aliphatic heterocycles. The van der Waals surface area contributed by atoms with Gasteiger partial charge >= 0.3 is 0 Å². The van der Waals surface area contributed by atoms with E-state index in [0.717, 1.165) is 6.54 Å². The lowest BCUT2D eigenvalue weighted by molar-refractivity contribution is 0.319. The molecule has 2 saturated carbocycles. The SMILES string of the molecule is CC1(c2ccc(C(c3ccc(C4(C)CCCCC4)cc3)[C@H]3CCCCN3)cc2)CCCCC1. The number of hydrogen-bond acceptors (Lipinski definition) is 1. The van der Waals surface area contributed by atoms with Gasteiger partial charge in [-0.15, -0.1) is 0 Å². The molecule has 1 heterocycles. The summed E-state index contributed by atoms with van der Waals surface area (Å²) in [4.78, 5) is 0. The van der Waals surface area contributed by atoms with Gasteiger partial charge in [-0.1, -0.05) is 107 Å². The molecule has 2 aromatic carbocycles. The number of piperidine rings is 1. The number of rotatable bonds is 5. The molecule has 1 heteroatoms. The fraction of sp³-hybridized carbons (Fsp3) is 0.625. The Bertz CT molecular complexity index is 808. The highest BCUT2D eigenvalue weighted by molar-refractivity contribution is 5.40. The molecule has 2 aliphatic carbocycles. The summed E-state index contributed by atoms with van der Waals surface area (Å²) in [5, 5.41) is 3.89. The van der Waals surface area contributed by atoms with Gasteiger partial charge in [-0.25, -0.2) is 0 Å². The highest BCUT2D eigenvalue weighted by Gasteiger charge is 2.32. The van der Waals surface area contributed by atoms with Crippen molar-refractivity contribution >= 4 is 0 Å². The van der Waals surface area contributed by atoms with Gasteiger partial charge in [0.2, 0.25) is 0 Å². The van der Waals surface area contributed by atoms with E-state index in [1.165, 1.54) is 94.6 Å². The maximum absolute atomic E-state index is 3.89. The van der Waals surface area contributed by atoms with Crippen molar-refractivity contribution in [2.24, 2.45) is 0 Å². The molecule has 3 fully saturated rings. The van der Waals surface area contributed by atoms with E-state index in [2.05, 4.69) is 67.7 Å². The number of nitrogens with one attached hydrogen (secondary N) is 1. The highest BCUT2D eigenvalue weighted by atomic mass is 14.9. The summed E-state index contributed by atoms with van der Waals surface area (Å²) in [7, 11) is 0. The van der Waals surface area contributed by atoms with E-state index in [1.807, 2.05) is 0 Å². The van der Waals surface area contributed by atoms with Crippen molar-refractivity contribution in [3.05, 3.63) is 70.8 Å². The maximum Gasteiger partial charge on any atom is 0.0243 e. The van der Waals surface area contributed by atoms with Crippen LogP contribution < -0.4 is 5.32 Å². The van der Waals surface area contributed by atoms with Crippen LogP contribution in [0.5, 0.6) is 0 Å². The largest absolute Gasteiger partial charge is 0.313 e. The van der Waals surface area contributed by atoms with Gasteiger partial charge in [0.1, 0.15) is 0 Å². The standard InChI is InChI=1S/C32H45N/c1-31(20-6-3-7-21-31)27-16-12-25(13-17-27)30(29-11-5-10-24-33-29)26-14-18-28(19-15-26)32(2)22-8-4-9-23-32/h12-19,29-30,33H,3-11,20-24H2,1-2H3/t29-/m1/s1. The first-order valence-corrected chi connectivity index (χ1v) is 14.0. The fourth-order valence-corrected chi connectivity index (χ4v) is 7.25. The van der Waals surface area contributed by atoms with Crippen molar-refractivity contribution in [1.82, 2.24) is 5.32 Å². The summed E-state index contributed by atoms with van der Waals surface area (Å²) < 4.78 is 0. The van der Waals surface area contributed by atoms with Crippen LogP contribution in [0.4, 0.5) is 0 Å². The van der Waals surface area contributed by atoms with Crippen molar-refractivity contribution < 1.29 is 0 Å². The summed E-state index contributed by atoms with van der Waals surface area (Å²) in [6.07, 6.45) is 17.7. The van der Waals surface area contributed by atoms with Gasteiger partial charge < -0.3 is 5.32 Å². The van der Waals surface area contributed by atoms with E-state index in [1.54, 1.807) is 11.1 Å². The van der Waals surface area contributed by atoms with Crippen LogP contribution in [0.3, 0.4) is 0 Å². The molecular formula is C32H45N. The minimum atomic E-state index is 0.381. The van der Waals surface area contributed by atoms with E-state index < -0.39 is 0 Å². The van der Waals surface area contributed by atoms with Crippen LogP contribution in [-0.2, 0) is 10.8 Å². The van der Waals surface area contributed by atoms with Gasteiger partial charge in [0.15, 0.2) is 0 Å². The molecule has 0 amide bonds. The van der Waals surface area contributed by atoms with E-state index in [0.29, 0.717) is 22.8 Å². The molecule has 0 bridgehead atoms. The normalized spacial score (nSPS) is 25.1. The average Bonchev–Trinajstić information content (AvgIpc) is 2.87. The zero-order chi connectivity index (χ0) is 22.7. The molecule has 178 valence electrons. The quantitative estimate of drug-likeness (QED) is 0.489. The van der Waals surface area contributed by atoms with Crippen molar-refractivity contribution in [1.29, 1.82) is 0 Å². The lowest BCUT2D eigenvalue weighted by atomic mass is 9.70. The van der Waals surface area contributed by atoms with Gasteiger partial charge in [-0.05, 0) is 78.2 Å². The Morgan fingerprint density at radius 2 is 1.06 bits per heavy atom. The van der Waals surface area contributed by atoms with Crippen molar-refractivity contribution in [3.8, 4) is 0 Å². The first kappa shape index (κ1) is 23.2. The predicted molar refractivity (Wildman–Crippen MR) is 141 cm³/mol. The number of benzene rings is 2. The zero-order valence-corrected chi connectivity index (χ0v) is 21.2. The van der Waals surface area contributed by atoms with Crippen LogP contribution in [0.2, 0.25) is 0 Å². The van der Waals surface area contributed by atoms with Crippen molar-refractivity contribution in [2.75, 3.05) is 6.54 Å².